The average molecular weight is 306 g/mol. The SMILES string of the molecule is CNc1nnc(C(F)(F)C(F)(F)F)cc1Br. The topological polar surface area (TPSA) is 37.8 Å². The number of aromatic nitrogens is 2. The Morgan fingerprint density at radius 3 is 2.12 bits per heavy atom. The largest absolute Gasteiger partial charge is 0.459 e. The Morgan fingerprint density at radius 1 is 1.19 bits per heavy atom. The Bertz CT molecular complexity index is 392. The minimum Gasteiger partial charge on any atom is -0.371 e. The summed E-state index contributed by atoms with van der Waals surface area (Å²) in [5, 5.41) is 8.49. The van der Waals surface area contributed by atoms with Gasteiger partial charge >= 0.3 is 12.1 Å². The van der Waals surface area contributed by atoms with Gasteiger partial charge in [0.2, 0.25) is 0 Å². The Kier molecular flexibility index (Phi) is 3.36. The van der Waals surface area contributed by atoms with E-state index in [9.17, 15) is 22.0 Å². The Labute approximate surface area is 95.2 Å². The first kappa shape index (κ1) is 13.1. The fraction of sp³-hybridized carbons (Fsp3) is 0.429. The molecule has 0 saturated carbocycles. The number of hydrogen-bond donors (Lipinski definition) is 1. The number of anilines is 1. The van der Waals surface area contributed by atoms with Crippen LogP contribution in [0.25, 0.3) is 0 Å². The van der Waals surface area contributed by atoms with Gasteiger partial charge in [0.25, 0.3) is 0 Å². The predicted molar refractivity (Wildman–Crippen MR) is 49.2 cm³/mol. The summed E-state index contributed by atoms with van der Waals surface area (Å²) >= 11 is 2.80. The molecule has 1 aromatic heterocycles. The van der Waals surface area contributed by atoms with Crippen molar-refractivity contribution in [2.24, 2.45) is 0 Å². The molecule has 9 heteroatoms. The highest BCUT2D eigenvalue weighted by atomic mass is 79.9. The summed E-state index contributed by atoms with van der Waals surface area (Å²) in [6.07, 6.45) is -5.69. The third kappa shape index (κ3) is 2.23. The summed E-state index contributed by atoms with van der Waals surface area (Å²) in [5.74, 6) is -4.95. The average Bonchev–Trinajstić information content (AvgIpc) is 2.15. The van der Waals surface area contributed by atoms with Gasteiger partial charge in [-0.2, -0.15) is 22.0 Å². The molecule has 0 unspecified atom stereocenters. The van der Waals surface area contributed by atoms with Crippen LogP contribution in [0.2, 0.25) is 0 Å². The molecule has 0 aliphatic heterocycles. The van der Waals surface area contributed by atoms with Crippen molar-refractivity contribution in [1.29, 1.82) is 0 Å². The van der Waals surface area contributed by atoms with E-state index in [1.165, 1.54) is 7.05 Å². The molecule has 0 aliphatic rings. The van der Waals surface area contributed by atoms with Crippen LogP contribution in [-0.4, -0.2) is 23.4 Å². The molecule has 1 N–H and O–H groups in total. The highest BCUT2D eigenvalue weighted by molar-refractivity contribution is 9.10. The predicted octanol–water partition coefficient (Wildman–Crippen LogP) is 2.93. The lowest BCUT2D eigenvalue weighted by Gasteiger charge is -2.18. The van der Waals surface area contributed by atoms with E-state index in [1.807, 2.05) is 0 Å². The maximum atomic E-state index is 12.8. The Hall–Kier alpha value is -0.990. The first-order valence-corrected chi connectivity index (χ1v) is 4.65. The van der Waals surface area contributed by atoms with Crippen LogP contribution in [-0.2, 0) is 5.92 Å². The van der Waals surface area contributed by atoms with Gasteiger partial charge in [-0.1, -0.05) is 0 Å². The van der Waals surface area contributed by atoms with E-state index in [1.54, 1.807) is 0 Å². The first-order valence-electron chi connectivity index (χ1n) is 3.86. The van der Waals surface area contributed by atoms with Gasteiger partial charge in [0.05, 0.1) is 4.47 Å². The third-order valence-corrected chi connectivity index (χ3v) is 2.27. The summed E-state index contributed by atoms with van der Waals surface area (Å²) in [7, 11) is 1.43. The van der Waals surface area contributed by atoms with Crippen LogP contribution in [0.3, 0.4) is 0 Å². The van der Waals surface area contributed by atoms with Crippen LogP contribution in [0.1, 0.15) is 5.69 Å². The molecule has 0 aromatic carbocycles. The second-order valence-electron chi connectivity index (χ2n) is 2.75. The van der Waals surface area contributed by atoms with Gasteiger partial charge in [-0.3, -0.25) is 0 Å². The van der Waals surface area contributed by atoms with Gasteiger partial charge in [-0.15, -0.1) is 10.2 Å². The maximum absolute atomic E-state index is 12.8. The molecule has 1 aromatic rings. The number of nitrogens with one attached hydrogen (secondary N) is 1. The van der Waals surface area contributed by atoms with Crippen molar-refractivity contribution in [2.75, 3.05) is 12.4 Å². The van der Waals surface area contributed by atoms with Crippen LogP contribution < -0.4 is 5.32 Å². The highest BCUT2D eigenvalue weighted by Gasteiger charge is 2.60. The molecule has 16 heavy (non-hydrogen) atoms. The van der Waals surface area contributed by atoms with Crippen LogP contribution in [0.4, 0.5) is 27.8 Å². The smallest absolute Gasteiger partial charge is 0.371 e. The molecule has 0 saturated heterocycles. The van der Waals surface area contributed by atoms with E-state index in [0.29, 0.717) is 6.07 Å². The minimum atomic E-state index is -5.69. The van der Waals surface area contributed by atoms with Crippen LogP contribution in [0, 0.1) is 0 Å². The molecule has 3 nitrogen and oxygen atoms in total. The molecular weight excluding hydrogens is 301 g/mol. The molecule has 0 atom stereocenters. The zero-order chi connectivity index (χ0) is 12.6. The third-order valence-electron chi connectivity index (χ3n) is 1.66. The van der Waals surface area contributed by atoms with E-state index >= 15 is 0 Å². The molecule has 1 rings (SSSR count). The van der Waals surface area contributed by atoms with Gasteiger partial charge in [-0.25, -0.2) is 0 Å². The molecular formula is C7H5BrF5N3. The number of alkyl halides is 5. The number of hydrogen-bond acceptors (Lipinski definition) is 3. The second-order valence-corrected chi connectivity index (χ2v) is 3.60. The first-order chi connectivity index (χ1) is 7.20. The molecule has 0 aliphatic carbocycles. The molecule has 1 heterocycles. The lowest BCUT2D eigenvalue weighted by Crippen LogP contribution is -2.34. The van der Waals surface area contributed by atoms with Crippen molar-refractivity contribution in [3.63, 3.8) is 0 Å². The van der Waals surface area contributed by atoms with E-state index in [4.69, 9.17) is 0 Å². The maximum Gasteiger partial charge on any atom is 0.459 e. The molecule has 0 spiro atoms. The second kappa shape index (κ2) is 4.11. The normalized spacial score (nSPS) is 12.7. The Balaban J connectivity index is 3.20. The van der Waals surface area contributed by atoms with E-state index in [0.717, 1.165) is 0 Å². The zero-order valence-electron chi connectivity index (χ0n) is 7.74. The summed E-state index contributed by atoms with van der Waals surface area (Å²) in [6.45, 7) is 0. The zero-order valence-corrected chi connectivity index (χ0v) is 9.33. The molecule has 0 amide bonds. The summed E-state index contributed by atoms with van der Waals surface area (Å²) < 4.78 is 61.5. The molecule has 90 valence electrons. The van der Waals surface area contributed by atoms with Crippen LogP contribution in [0.15, 0.2) is 10.5 Å². The van der Waals surface area contributed by atoms with Crippen molar-refractivity contribution >= 4 is 21.7 Å². The number of nitrogens with zero attached hydrogens (tertiary/aromatic N) is 2. The fourth-order valence-electron chi connectivity index (χ4n) is 0.837. The van der Waals surface area contributed by atoms with Crippen molar-refractivity contribution in [3.8, 4) is 0 Å². The summed E-state index contributed by atoms with van der Waals surface area (Å²) in [6, 6.07) is 0.576. The van der Waals surface area contributed by atoms with Crippen molar-refractivity contribution in [2.45, 2.75) is 12.1 Å². The lowest BCUT2D eigenvalue weighted by atomic mass is 10.2. The molecule has 0 bridgehead atoms. The molecule has 0 radical (unpaired) electrons. The summed E-state index contributed by atoms with van der Waals surface area (Å²) in [4.78, 5) is 0. The van der Waals surface area contributed by atoms with E-state index in [-0.39, 0.29) is 10.3 Å². The monoisotopic (exact) mass is 305 g/mol. The van der Waals surface area contributed by atoms with Crippen LogP contribution >= 0.6 is 15.9 Å². The van der Waals surface area contributed by atoms with E-state index in [2.05, 4.69) is 31.4 Å². The highest BCUT2D eigenvalue weighted by Crippen LogP contribution is 2.43. The van der Waals surface area contributed by atoms with Gasteiger partial charge in [0.1, 0.15) is 5.69 Å². The lowest BCUT2D eigenvalue weighted by molar-refractivity contribution is -0.291. The van der Waals surface area contributed by atoms with E-state index < -0.39 is 17.8 Å². The quantitative estimate of drug-likeness (QED) is 0.854. The standard InChI is InChI=1S/C7H5BrF5N3/c1-14-5-3(8)2-4(15-16-5)6(9,10)7(11,12)13/h2H,1H3,(H,14,16). The summed E-state index contributed by atoms with van der Waals surface area (Å²) in [5.41, 5.74) is -1.45. The minimum absolute atomic E-state index is 0.0241. The van der Waals surface area contributed by atoms with Gasteiger partial charge < -0.3 is 5.32 Å². The van der Waals surface area contributed by atoms with Crippen molar-refractivity contribution in [1.82, 2.24) is 10.2 Å². The Morgan fingerprint density at radius 2 is 1.75 bits per heavy atom. The number of halogens is 6. The van der Waals surface area contributed by atoms with Crippen LogP contribution in [0.5, 0.6) is 0 Å². The number of rotatable bonds is 2. The van der Waals surface area contributed by atoms with Gasteiger partial charge in [0.15, 0.2) is 5.82 Å². The van der Waals surface area contributed by atoms with Crippen molar-refractivity contribution in [3.05, 3.63) is 16.2 Å². The molecule has 0 fully saturated rings. The fourth-order valence-corrected chi connectivity index (χ4v) is 1.33. The van der Waals surface area contributed by atoms with Gasteiger partial charge in [-0.05, 0) is 22.0 Å². The van der Waals surface area contributed by atoms with Gasteiger partial charge in [0, 0.05) is 7.05 Å². The van der Waals surface area contributed by atoms with Crippen molar-refractivity contribution < 1.29 is 22.0 Å².